The lowest BCUT2D eigenvalue weighted by atomic mass is 9.95. The van der Waals surface area contributed by atoms with Crippen molar-refractivity contribution >= 4 is 35.1 Å². The number of thiophene rings is 1. The molecule has 1 amide bonds. The molecule has 2 aliphatic heterocycles. The van der Waals surface area contributed by atoms with Gasteiger partial charge in [0.1, 0.15) is 0 Å². The first-order chi connectivity index (χ1) is 13.2. The van der Waals surface area contributed by atoms with Crippen LogP contribution in [0.1, 0.15) is 47.1 Å². The van der Waals surface area contributed by atoms with Crippen molar-refractivity contribution in [2.24, 2.45) is 0 Å². The smallest absolute Gasteiger partial charge is 0.257 e. The monoisotopic (exact) mass is 405 g/mol. The first-order valence-corrected chi connectivity index (χ1v) is 12.3. The molecular formula is C21H31N3OS2. The van der Waals surface area contributed by atoms with Crippen molar-refractivity contribution in [1.29, 1.82) is 0 Å². The summed E-state index contributed by atoms with van der Waals surface area (Å²) in [6, 6.07) is 0. The van der Waals surface area contributed by atoms with Crippen LogP contribution < -0.4 is 5.32 Å². The van der Waals surface area contributed by atoms with Gasteiger partial charge in [0.2, 0.25) is 0 Å². The number of carbonyl (C=O) groups is 1. The number of fused-ring (bicyclic) bond motifs is 3. The summed E-state index contributed by atoms with van der Waals surface area (Å²) in [5.41, 5.74) is 3.12. The zero-order valence-corrected chi connectivity index (χ0v) is 18.0. The summed E-state index contributed by atoms with van der Waals surface area (Å²) in [7, 11) is 0. The van der Waals surface area contributed by atoms with Gasteiger partial charge < -0.3 is 15.1 Å². The highest BCUT2D eigenvalue weighted by molar-refractivity contribution is 8.03. The second-order valence-electron chi connectivity index (χ2n) is 7.74. The largest absolute Gasteiger partial charge is 0.352 e. The van der Waals surface area contributed by atoms with Gasteiger partial charge in [0.15, 0.2) is 0 Å². The highest BCUT2D eigenvalue weighted by atomic mass is 32.2. The summed E-state index contributed by atoms with van der Waals surface area (Å²) in [4.78, 5) is 21.4. The molecule has 0 atom stereocenters. The van der Waals surface area contributed by atoms with Gasteiger partial charge in [-0.25, -0.2) is 0 Å². The number of hydrogen-bond donors (Lipinski definition) is 1. The Morgan fingerprint density at radius 1 is 1.11 bits per heavy atom. The van der Waals surface area contributed by atoms with Crippen LogP contribution in [0.25, 0.3) is 6.08 Å². The van der Waals surface area contributed by atoms with Crippen molar-refractivity contribution in [1.82, 2.24) is 15.1 Å². The number of thioether (sulfide) groups is 1. The summed E-state index contributed by atoms with van der Waals surface area (Å²) in [6.07, 6.45) is 8.30. The molecule has 1 aliphatic carbocycles. The third kappa shape index (κ3) is 4.61. The molecular weight excluding hydrogens is 374 g/mol. The molecule has 3 aliphatic rings. The van der Waals surface area contributed by atoms with Gasteiger partial charge in [-0.2, -0.15) is 0 Å². The predicted molar refractivity (Wildman–Crippen MR) is 116 cm³/mol. The number of likely N-dealkylation sites (N-methyl/N-ethyl adjacent to an activating group) is 1. The molecule has 0 saturated carbocycles. The van der Waals surface area contributed by atoms with Crippen molar-refractivity contribution in [3.63, 3.8) is 0 Å². The maximum absolute atomic E-state index is 12.6. The zero-order chi connectivity index (χ0) is 18.6. The van der Waals surface area contributed by atoms with Crippen LogP contribution in [0.5, 0.6) is 0 Å². The van der Waals surface area contributed by atoms with E-state index in [0.29, 0.717) is 0 Å². The third-order valence-electron chi connectivity index (χ3n) is 6.02. The third-order valence-corrected chi connectivity index (χ3v) is 8.35. The van der Waals surface area contributed by atoms with Crippen LogP contribution in [0.15, 0.2) is 4.91 Å². The van der Waals surface area contributed by atoms with Gasteiger partial charge in [-0.05, 0) is 62.4 Å². The molecule has 0 aromatic carbocycles. The fourth-order valence-electron chi connectivity index (χ4n) is 4.29. The Balaban J connectivity index is 1.24. The molecule has 4 nitrogen and oxygen atoms in total. The highest BCUT2D eigenvalue weighted by Crippen LogP contribution is 2.42. The molecule has 1 aromatic rings. The highest BCUT2D eigenvalue weighted by Gasteiger charge is 2.25. The number of piperazine rings is 1. The topological polar surface area (TPSA) is 35.6 Å². The number of carbonyl (C=O) groups excluding carboxylic acids is 1. The lowest BCUT2D eigenvalue weighted by molar-refractivity contribution is -0.116. The molecule has 0 spiro atoms. The van der Waals surface area contributed by atoms with Gasteiger partial charge in [-0.1, -0.05) is 6.92 Å². The van der Waals surface area contributed by atoms with Crippen LogP contribution in [0.3, 0.4) is 0 Å². The van der Waals surface area contributed by atoms with Crippen LogP contribution in [-0.2, 0) is 23.4 Å². The molecule has 6 heteroatoms. The number of amides is 1. The van der Waals surface area contributed by atoms with Gasteiger partial charge in [0.25, 0.3) is 5.91 Å². The van der Waals surface area contributed by atoms with Gasteiger partial charge in [0.05, 0.1) is 4.91 Å². The number of hydrogen-bond acceptors (Lipinski definition) is 5. The Bertz CT molecular complexity index is 705. The van der Waals surface area contributed by atoms with Crippen LogP contribution in [0, 0.1) is 0 Å². The van der Waals surface area contributed by atoms with Crippen molar-refractivity contribution in [3.05, 3.63) is 25.8 Å². The lowest BCUT2D eigenvalue weighted by Gasteiger charge is -2.33. The maximum Gasteiger partial charge on any atom is 0.257 e. The van der Waals surface area contributed by atoms with E-state index in [0.717, 1.165) is 49.8 Å². The molecule has 0 radical (unpaired) electrons. The van der Waals surface area contributed by atoms with E-state index in [2.05, 4.69) is 28.1 Å². The molecule has 1 aromatic heterocycles. The standard InChI is InChI=1S/C21H31N3OS2/c1-2-23-10-12-24(13-11-23)9-5-8-22-21(25)20-14-19-17(15-26-20)16-6-3-4-7-18(16)27-19/h14H,2-13,15H2,1H3,(H,22,25). The van der Waals surface area contributed by atoms with E-state index in [1.54, 1.807) is 22.2 Å². The van der Waals surface area contributed by atoms with Gasteiger partial charge >= 0.3 is 0 Å². The Hall–Kier alpha value is -0.820. The number of aryl methyl sites for hydroxylation is 1. The van der Waals surface area contributed by atoms with E-state index in [4.69, 9.17) is 0 Å². The molecule has 1 N–H and O–H groups in total. The van der Waals surface area contributed by atoms with Crippen molar-refractivity contribution in [2.45, 2.75) is 44.8 Å². The van der Waals surface area contributed by atoms with Crippen LogP contribution >= 0.6 is 23.1 Å². The van der Waals surface area contributed by atoms with Crippen molar-refractivity contribution in [3.8, 4) is 0 Å². The quantitative estimate of drug-likeness (QED) is 0.736. The van der Waals surface area contributed by atoms with Crippen LogP contribution in [0.4, 0.5) is 0 Å². The van der Waals surface area contributed by atoms with Gasteiger partial charge in [-0.3, -0.25) is 4.79 Å². The molecule has 1 fully saturated rings. The molecule has 3 heterocycles. The van der Waals surface area contributed by atoms with Crippen molar-refractivity contribution in [2.75, 3.05) is 45.8 Å². The van der Waals surface area contributed by atoms with E-state index in [1.807, 2.05) is 11.3 Å². The predicted octanol–water partition coefficient (Wildman–Crippen LogP) is 3.36. The second kappa shape index (κ2) is 9.12. The molecule has 27 heavy (non-hydrogen) atoms. The molecule has 148 valence electrons. The van der Waals surface area contributed by atoms with Gasteiger partial charge in [0, 0.05) is 48.2 Å². The summed E-state index contributed by atoms with van der Waals surface area (Å²) in [5.74, 6) is 1.09. The summed E-state index contributed by atoms with van der Waals surface area (Å²) in [5, 5.41) is 3.14. The first kappa shape index (κ1) is 19.5. The minimum atomic E-state index is 0.118. The fraction of sp³-hybridized carbons (Fsp3) is 0.667. The maximum atomic E-state index is 12.6. The summed E-state index contributed by atoms with van der Waals surface area (Å²) in [6.45, 7) is 9.94. The Kier molecular flexibility index (Phi) is 6.58. The molecule has 0 bridgehead atoms. The first-order valence-electron chi connectivity index (χ1n) is 10.5. The SMILES string of the molecule is CCN1CCN(CCCNC(=O)C2=Cc3sc4c(c3CS2)CCCC4)CC1. The van der Waals surface area contributed by atoms with Crippen LogP contribution in [-0.4, -0.2) is 61.5 Å². The summed E-state index contributed by atoms with van der Waals surface area (Å²) >= 11 is 3.65. The zero-order valence-electron chi connectivity index (χ0n) is 16.4. The van der Waals surface area contributed by atoms with E-state index in [9.17, 15) is 4.79 Å². The van der Waals surface area contributed by atoms with Gasteiger partial charge in [-0.15, -0.1) is 23.1 Å². The van der Waals surface area contributed by atoms with Crippen LogP contribution in [0.2, 0.25) is 0 Å². The van der Waals surface area contributed by atoms with E-state index in [1.165, 1.54) is 49.2 Å². The Morgan fingerprint density at radius 2 is 1.89 bits per heavy atom. The molecule has 0 unspecified atom stereocenters. The Labute approximate surface area is 171 Å². The minimum Gasteiger partial charge on any atom is -0.352 e. The van der Waals surface area contributed by atoms with E-state index < -0.39 is 0 Å². The van der Waals surface area contributed by atoms with E-state index >= 15 is 0 Å². The number of nitrogens with one attached hydrogen (secondary N) is 1. The Morgan fingerprint density at radius 3 is 2.70 bits per heavy atom. The average molecular weight is 406 g/mol. The summed E-state index contributed by atoms with van der Waals surface area (Å²) < 4.78 is 0. The van der Waals surface area contributed by atoms with E-state index in [-0.39, 0.29) is 5.91 Å². The molecule has 1 saturated heterocycles. The molecule has 4 rings (SSSR count). The normalized spacial score (nSPS) is 20.7. The number of rotatable bonds is 6. The average Bonchev–Trinajstić information content (AvgIpc) is 3.09. The fourth-order valence-corrected chi connectivity index (χ4v) is 6.85. The van der Waals surface area contributed by atoms with Crippen molar-refractivity contribution < 1.29 is 4.79 Å². The minimum absolute atomic E-state index is 0.118. The number of nitrogens with zero attached hydrogens (tertiary/aromatic N) is 2. The second-order valence-corrected chi connectivity index (χ2v) is 9.89. The lowest BCUT2D eigenvalue weighted by Crippen LogP contribution is -2.46.